The van der Waals surface area contributed by atoms with Crippen LogP contribution in [0.2, 0.25) is 0 Å². The van der Waals surface area contributed by atoms with Crippen molar-refractivity contribution in [1.29, 1.82) is 0 Å². The van der Waals surface area contributed by atoms with Gasteiger partial charge in [-0.2, -0.15) is 0 Å². The van der Waals surface area contributed by atoms with Gasteiger partial charge in [-0.15, -0.1) is 11.8 Å². The van der Waals surface area contributed by atoms with E-state index in [0.717, 1.165) is 15.7 Å². The van der Waals surface area contributed by atoms with Gasteiger partial charge >= 0.3 is 0 Å². The highest BCUT2D eigenvalue weighted by Gasteiger charge is 2.28. The first kappa shape index (κ1) is 17.4. The molecule has 27 heavy (non-hydrogen) atoms. The van der Waals surface area contributed by atoms with Gasteiger partial charge in [0.1, 0.15) is 6.61 Å². The Kier molecular flexibility index (Phi) is 4.98. The molecule has 3 aromatic carbocycles. The molecule has 0 aromatic heterocycles. The molecule has 0 fully saturated rings. The number of para-hydroxylation sites is 2. The minimum absolute atomic E-state index is 0.0773. The van der Waals surface area contributed by atoms with E-state index in [1.807, 2.05) is 48.5 Å². The summed E-state index contributed by atoms with van der Waals surface area (Å²) in [6.07, 6.45) is -0.838. The lowest BCUT2D eigenvalue weighted by Gasteiger charge is -2.25. The Balaban J connectivity index is 1.32. The van der Waals surface area contributed by atoms with Gasteiger partial charge in [-0.1, -0.05) is 42.5 Å². The molecule has 6 heteroatoms. The lowest BCUT2D eigenvalue weighted by molar-refractivity contribution is -0.135. The average molecular weight is 379 g/mol. The second kappa shape index (κ2) is 7.72. The maximum Gasteiger partial charge on any atom is 0.271 e. The lowest BCUT2D eigenvalue weighted by atomic mass is 10.1. The van der Waals surface area contributed by atoms with Crippen LogP contribution in [-0.4, -0.2) is 30.3 Å². The second-order valence-corrected chi connectivity index (χ2v) is 7.12. The normalized spacial score (nSPS) is 15.3. The molecule has 0 bridgehead atoms. The predicted octanol–water partition coefficient (Wildman–Crippen LogP) is 3.41. The fourth-order valence-electron chi connectivity index (χ4n) is 2.81. The molecule has 0 saturated heterocycles. The molecule has 4 rings (SSSR count). The van der Waals surface area contributed by atoms with Crippen LogP contribution in [0.5, 0.6) is 11.5 Å². The van der Waals surface area contributed by atoms with Crippen LogP contribution in [0.15, 0.2) is 71.6 Å². The van der Waals surface area contributed by atoms with E-state index in [2.05, 4.69) is 5.32 Å². The number of carbonyl (C=O) groups excluding carboxylic acids is 2. The SMILES string of the molecule is O=C(CSc1ccc2ccccc2c1)NC(=O)[C@H]1COc2ccccc2O1. The van der Waals surface area contributed by atoms with Gasteiger partial charge in [-0.3, -0.25) is 14.9 Å². The van der Waals surface area contributed by atoms with Crippen molar-refractivity contribution >= 4 is 34.3 Å². The van der Waals surface area contributed by atoms with Crippen molar-refractivity contribution in [3.05, 3.63) is 66.7 Å². The van der Waals surface area contributed by atoms with E-state index in [4.69, 9.17) is 9.47 Å². The van der Waals surface area contributed by atoms with Crippen LogP contribution in [0, 0.1) is 0 Å². The third-order valence-electron chi connectivity index (χ3n) is 4.15. The highest BCUT2D eigenvalue weighted by atomic mass is 32.2. The van der Waals surface area contributed by atoms with Gasteiger partial charge in [0, 0.05) is 4.90 Å². The second-order valence-electron chi connectivity index (χ2n) is 6.07. The number of thioether (sulfide) groups is 1. The Morgan fingerprint density at radius 2 is 1.70 bits per heavy atom. The standard InChI is InChI=1S/C21H17NO4S/c23-20(13-27-16-10-9-14-5-1-2-6-15(14)11-16)22-21(24)19-12-25-17-7-3-4-8-18(17)26-19/h1-11,19H,12-13H2,(H,22,23,24)/t19-/m1/s1. The fraction of sp³-hybridized carbons (Fsp3) is 0.143. The molecule has 2 amide bonds. The molecular formula is C21H17NO4S. The first-order chi connectivity index (χ1) is 13.2. The fourth-order valence-corrected chi connectivity index (χ4v) is 3.55. The van der Waals surface area contributed by atoms with Gasteiger partial charge in [0.25, 0.3) is 5.91 Å². The van der Waals surface area contributed by atoms with E-state index in [1.54, 1.807) is 18.2 Å². The third-order valence-corrected chi connectivity index (χ3v) is 5.15. The van der Waals surface area contributed by atoms with Gasteiger partial charge in [0.15, 0.2) is 11.5 Å². The number of nitrogens with one attached hydrogen (secondary N) is 1. The molecule has 1 aliphatic heterocycles. The summed E-state index contributed by atoms with van der Waals surface area (Å²) in [5.74, 6) is 0.393. The molecule has 1 aliphatic rings. The van der Waals surface area contributed by atoms with Gasteiger partial charge in [-0.25, -0.2) is 0 Å². The summed E-state index contributed by atoms with van der Waals surface area (Å²) in [4.78, 5) is 25.4. The van der Waals surface area contributed by atoms with Crippen molar-refractivity contribution in [2.45, 2.75) is 11.0 Å². The zero-order chi connectivity index (χ0) is 18.6. The van der Waals surface area contributed by atoms with Gasteiger partial charge in [0.2, 0.25) is 12.0 Å². The molecule has 1 heterocycles. The molecule has 0 aliphatic carbocycles. The Morgan fingerprint density at radius 3 is 2.56 bits per heavy atom. The highest BCUT2D eigenvalue weighted by molar-refractivity contribution is 8.00. The Hall–Kier alpha value is -2.99. The number of hydrogen-bond donors (Lipinski definition) is 1. The maximum atomic E-state index is 12.3. The summed E-state index contributed by atoms with van der Waals surface area (Å²) in [5, 5.41) is 4.65. The van der Waals surface area contributed by atoms with E-state index < -0.39 is 12.0 Å². The molecule has 1 atom stereocenters. The van der Waals surface area contributed by atoms with Crippen molar-refractivity contribution in [1.82, 2.24) is 5.32 Å². The van der Waals surface area contributed by atoms with Crippen molar-refractivity contribution in [3.8, 4) is 11.5 Å². The minimum Gasteiger partial charge on any atom is -0.485 e. The van der Waals surface area contributed by atoms with Crippen LogP contribution in [0.1, 0.15) is 0 Å². The number of carbonyl (C=O) groups is 2. The predicted molar refractivity (Wildman–Crippen MR) is 104 cm³/mol. The van der Waals surface area contributed by atoms with Crippen molar-refractivity contribution < 1.29 is 19.1 Å². The molecule has 0 spiro atoms. The summed E-state index contributed by atoms with van der Waals surface area (Å²) in [6.45, 7) is 0.0773. The lowest BCUT2D eigenvalue weighted by Crippen LogP contribution is -2.46. The van der Waals surface area contributed by atoms with E-state index in [0.29, 0.717) is 11.5 Å². The van der Waals surface area contributed by atoms with Crippen molar-refractivity contribution in [2.24, 2.45) is 0 Å². The summed E-state index contributed by atoms with van der Waals surface area (Å²) >= 11 is 1.38. The van der Waals surface area contributed by atoms with Crippen molar-refractivity contribution in [3.63, 3.8) is 0 Å². The number of imide groups is 1. The minimum atomic E-state index is -0.838. The zero-order valence-corrected chi connectivity index (χ0v) is 15.2. The van der Waals surface area contributed by atoms with Gasteiger partial charge in [-0.05, 0) is 35.0 Å². The topological polar surface area (TPSA) is 64.6 Å². The highest BCUT2D eigenvalue weighted by Crippen LogP contribution is 2.31. The van der Waals surface area contributed by atoms with Crippen molar-refractivity contribution in [2.75, 3.05) is 12.4 Å². The van der Waals surface area contributed by atoms with Crippen LogP contribution >= 0.6 is 11.8 Å². The third kappa shape index (κ3) is 4.06. The number of benzene rings is 3. The molecule has 1 N–H and O–H groups in total. The van der Waals surface area contributed by atoms with E-state index in [-0.39, 0.29) is 18.3 Å². The van der Waals surface area contributed by atoms with Crippen LogP contribution < -0.4 is 14.8 Å². The summed E-state index contributed by atoms with van der Waals surface area (Å²) in [6, 6.07) is 21.2. The monoisotopic (exact) mass is 379 g/mol. The van der Waals surface area contributed by atoms with Gasteiger partial charge in [0.05, 0.1) is 5.75 Å². The zero-order valence-electron chi connectivity index (χ0n) is 14.4. The Morgan fingerprint density at radius 1 is 0.963 bits per heavy atom. The summed E-state index contributed by atoms with van der Waals surface area (Å²) < 4.78 is 11.1. The van der Waals surface area contributed by atoms with Crippen LogP contribution in [-0.2, 0) is 9.59 Å². The van der Waals surface area contributed by atoms with Crippen LogP contribution in [0.25, 0.3) is 10.8 Å². The first-order valence-corrected chi connectivity index (χ1v) is 9.51. The van der Waals surface area contributed by atoms with Crippen LogP contribution in [0.4, 0.5) is 0 Å². The number of fused-ring (bicyclic) bond motifs is 2. The molecule has 0 unspecified atom stereocenters. The smallest absolute Gasteiger partial charge is 0.271 e. The Labute approximate surface area is 160 Å². The maximum absolute atomic E-state index is 12.3. The first-order valence-electron chi connectivity index (χ1n) is 8.53. The van der Waals surface area contributed by atoms with E-state index in [1.165, 1.54) is 11.8 Å². The largest absolute Gasteiger partial charge is 0.485 e. The average Bonchev–Trinajstić information content (AvgIpc) is 2.71. The Bertz CT molecular complexity index is 1000. The van der Waals surface area contributed by atoms with Crippen LogP contribution in [0.3, 0.4) is 0 Å². The molecule has 136 valence electrons. The molecule has 0 saturated carbocycles. The number of ether oxygens (including phenoxy) is 2. The summed E-state index contributed by atoms with van der Waals surface area (Å²) in [5.41, 5.74) is 0. The molecular weight excluding hydrogens is 362 g/mol. The molecule has 3 aromatic rings. The quantitative estimate of drug-likeness (QED) is 0.704. The van der Waals surface area contributed by atoms with E-state index in [9.17, 15) is 9.59 Å². The molecule has 5 nitrogen and oxygen atoms in total. The number of amides is 2. The molecule has 0 radical (unpaired) electrons. The summed E-state index contributed by atoms with van der Waals surface area (Å²) in [7, 11) is 0. The van der Waals surface area contributed by atoms with E-state index >= 15 is 0 Å². The number of rotatable bonds is 4. The number of hydrogen-bond acceptors (Lipinski definition) is 5. The van der Waals surface area contributed by atoms with Gasteiger partial charge < -0.3 is 9.47 Å².